The highest BCUT2D eigenvalue weighted by molar-refractivity contribution is 8.26. The van der Waals surface area contributed by atoms with Crippen LogP contribution in [-0.4, -0.2) is 34.8 Å². The van der Waals surface area contributed by atoms with Crippen LogP contribution in [-0.2, 0) is 4.79 Å². The van der Waals surface area contributed by atoms with Crippen molar-refractivity contribution in [1.82, 2.24) is 4.90 Å². The van der Waals surface area contributed by atoms with Gasteiger partial charge in [-0.1, -0.05) is 80.8 Å². The van der Waals surface area contributed by atoms with Crippen molar-refractivity contribution >= 4 is 51.7 Å². The third-order valence-corrected chi connectivity index (χ3v) is 7.82. The molecule has 1 fully saturated rings. The molecule has 1 amide bonds. The lowest BCUT2D eigenvalue weighted by Gasteiger charge is -2.20. The van der Waals surface area contributed by atoms with Crippen molar-refractivity contribution in [2.75, 3.05) is 24.6 Å². The Labute approximate surface area is 206 Å². The fraction of sp³-hybridized carbons (Fsp3) is 0.440. The number of hydrogen-bond donors (Lipinski definition) is 0. The largest absolute Gasteiger partial charge is 0.494 e. The van der Waals surface area contributed by atoms with Gasteiger partial charge >= 0.3 is 0 Å². The minimum absolute atomic E-state index is 0.0432. The summed E-state index contributed by atoms with van der Waals surface area (Å²) in [6.07, 6.45) is 13.2. The Balaban J connectivity index is 1.76. The van der Waals surface area contributed by atoms with Crippen LogP contribution in [0.25, 0.3) is 0 Å². The molecule has 0 saturated carbocycles. The molecule has 0 aromatic heterocycles. The minimum atomic E-state index is -0.0432. The molecule has 1 aromatic rings. The number of carbonyl (C=O) groups excluding carboxylic acids is 1. The number of nitrogens with zero attached hydrogens (tertiary/aromatic N) is 2. The number of carbonyl (C=O) groups is 1. The summed E-state index contributed by atoms with van der Waals surface area (Å²) in [7, 11) is 0. The van der Waals surface area contributed by atoms with Crippen LogP contribution in [0.3, 0.4) is 0 Å². The summed E-state index contributed by atoms with van der Waals surface area (Å²) >= 11 is 8.45. The van der Waals surface area contributed by atoms with Gasteiger partial charge in [-0.3, -0.25) is 9.69 Å². The highest BCUT2D eigenvalue weighted by atomic mass is 32.2. The molecular formula is C25H32N2O2S3. The van der Waals surface area contributed by atoms with Crippen LogP contribution in [0.2, 0.25) is 0 Å². The first kappa shape index (κ1) is 24.9. The van der Waals surface area contributed by atoms with Crippen molar-refractivity contribution in [3.8, 4) is 5.75 Å². The van der Waals surface area contributed by atoms with Gasteiger partial charge in [0.2, 0.25) is 0 Å². The van der Waals surface area contributed by atoms with E-state index in [4.69, 9.17) is 17.0 Å². The Kier molecular flexibility index (Phi) is 9.75. The first-order valence-corrected chi connectivity index (χ1v) is 13.4. The van der Waals surface area contributed by atoms with E-state index in [1.807, 2.05) is 19.1 Å². The van der Waals surface area contributed by atoms with Crippen molar-refractivity contribution in [2.24, 2.45) is 0 Å². The Morgan fingerprint density at radius 1 is 1.06 bits per heavy atom. The fourth-order valence-electron chi connectivity index (χ4n) is 3.69. The van der Waals surface area contributed by atoms with Gasteiger partial charge in [0.1, 0.15) is 10.1 Å². The van der Waals surface area contributed by atoms with Gasteiger partial charge in [-0.15, -0.1) is 6.58 Å². The Morgan fingerprint density at radius 3 is 2.59 bits per heavy atom. The molecule has 3 rings (SSSR count). The van der Waals surface area contributed by atoms with Gasteiger partial charge in [-0.2, -0.15) is 0 Å². The minimum Gasteiger partial charge on any atom is -0.494 e. The summed E-state index contributed by atoms with van der Waals surface area (Å²) in [5.41, 5.74) is 1.21. The van der Waals surface area contributed by atoms with Gasteiger partial charge in [0.05, 0.1) is 22.2 Å². The van der Waals surface area contributed by atoms with Gasteiger partial charge in [-0.25, -0.2) is 0 Å². The summed E-state index contributed by atoms with van der Waals surface area (Å²) in [6.45, 7) is 10.0. The SMILES string of the molecule is C=CCN1C(=O)C(=CC=C2Sc3cc(OCC)ccc3N2CCCCCCCC)SC1=S. The molecule has 0 bridgehead atoms. The molecule has 2 heterocycles. The van der Waals surface area contributed by atoms with E-state index < -0.39 is 0 Å². The third kappa shape index (κ3) is 6.21. The molecule has 1 aromatic carbocycles. The van der Waals surface area contributed by atoms with Crippen molar-refractivity contribution in [2.45, 2.75) is 57.3 Å². The quantitative estimate of drug-likeness (QED) is 0.135. The number of allylic oxidation sites excluding steroid dienone is 2. The number of unbranched alkanes of at least 4 members (excludes halogenated alkanes) is 5. The molecule has 4 nitrogen and oxygen atoms in total. The lowest BCUT2D eigenvalue weighted by atomic mass is 10.1. The fourth-order valence-corrected chi connectivity index (χ4v) is 6.03. The lowest BCUT2D eigenvalue weighted by Crippen LogP contribution is -2.27. The van der Waals surface area contributed by atoms with E-state index in [-0.39, 0.29) is 5.91 Å². The molecule has 0 N–H and O–H groups in total. The third-order valence-electron chi connectivity index (χ3n) is 5.31. The maximum atomic E-state index is 12.7. The van der Waals surface area contributed by atoms with E-state index in [2.05, 4.69) is 36.6 Å². The van der Waals surface area contributed by atoms with Crippen LogP contribution in [0, 0.1) is 0 Å². The van der Waals surface area contributed by atoms with E-state index in [0.717, 1.165) is 23.7 Å². The number of hydrogen-bond acceptors (Lipinski definition) is 6. The number of ether oxygens (including phenoxy) is 1. The van der Waals surface area contributed by atoms with Gasteiger partial charge in [0.25, 0.3) is 5.91 Å². The summed E-state index contributed by atoms with van der Waals surface area (Å²) in [6, 6.07) is 6.30. The zero-order valence-electron chi connectivity index (χ0n) is 19.0. The zero-order valence-corrected chi connectivity index (χ0v) is 21.4. The van der Waals surface area contributed by atoms with Crippen LogP contribution in [0.15, 0.2) is 57.8 Å². The number of thioether (sulfide) groups is 2. The molecule has 0 aliphatic carbocycles. The maximum absolute atomic E-state index is 12.7. The lowest BCUT2D eigenvalue weighted by molar-refractivity contribution is -0.121. The highest BCUT2D eigenvalue weighted by Gasteiger charge is 2.31. The number of anilines is 1. The smallest absolute Gasteiger partial charge is 0.266 e. The molecule has 1 saturated heterocycles. The molecule has 7 heteroatoms. The van der Waals surface area contributed by atoms with Crippen molar-refractivity contribution in [1.29, 1.82) is 0 Å². The van der Waals surface area contributed by atoms with Crippen LogP contribution in [0.1, 0.15) is 52.4 Å². The van der Waals surface area contributed by atoms with Gasteiger partial charge in [-0.05, 0) is 43.7 Å². The monoisotopic (exact) mass is 488 g/mol. The molecule has 0 unspecified atom stereocenters. The van der Waals surface area contributed by atoms with Crippen LogP contribution in [0.4, 0.5) is 5.69 Å². The predicted molar refractivity (Wildman–Crippen MR) is 142 cm³/mol. The topological polar surface area (TPSA) is 32.8 Å². The van der Waals surface area contributed by atoms with E-state index in [0.29, 0.717) is 22.4 Å². The molecule has 0 atom stereocenters. The summed E-state index contributed by atoms with van der Waals surface area (Å²) < 4.78 is 6.29. The second-order valence-corrected chi connectivity index (χ2v) is 10.4. The van der Waals surface area contributed by atoms with Crippen LogP contribution >= 0.6 is 35.7 Å². The van der Waals surface area contributed by atoms with E-state index in [1.54, 1.807) is 22.7 Å². The van der Waals surface area contributed by atoms with Crippen molar-refractivity contribution in [3.05, 3.63) is 52.9 Å². The number of fused-ring (bicyclic) bond motifs is 1. The number of rotatable bonds is 12. The average molecular weight is 489 g/mol. The van der Waals surface area contributed by atoms with E-state index in [1.165, 1.54) is 54.4 Å². The molecule has 2 aliphatic heterocycles. The number of thiocarbonyl (C=S) groups is 1. The van der Waals surface area contributed by atoms with Gasteiger partial charge in [0.15, 0.2) is 0 Å². The average Bonchev–Trinajstić information content (AvgIpc) is 3.26. The molecule has 32 heavy (non-hydrogen) atoms. The normalized spacial score (nSPS) is 18.2. The Hall–Kier alpha value is -1.70. The first-order chi connectivity index (χ1) is 15.6. The first-order valence-electron chi connectivity index (χ1n) is 11.4. The second-order valence-electron chi connectivity index (χ2n) is 7.69. The molecule has 2 aliphatic rings. The Morgan fingerprint density at radius 2 is 1.84 bits per heavy atom. The van der Waals surface area contributed by atoms with E-state index >= 15 is 0 Å². The van der Waals surface area contributed by atoms with E-state index in [9.17, 15) is 4.79 Å². The predicted octanol–water partition coefficient (Wildman–Crippen LogP) is 7.13. The van der Waals surface area contributed by atoms with Gasteiger partial charge < -0.3 is 9.64 Å². The molecule has 0 spiro atoms. The van der Waals surface area contributed by atoms with Crippen LogP contribution in [0.5, 0.6) is 5.75 Å². The molecule has 0 radical (unpaired) electrons. The standard InChI is InChI=1S/C25H32N2O2S3/c1-4-7-8-9-10-11-17-26-20-13-12-19(29-6-3)18-22(20)31-23(26)15-14-21-24(28)27(16-5-2)25(30)32-21/h5,12-15,18H,2,4,6-11,16-17H2,1,3H3. The summed E-state index contributed by atoms with van der Waals surface area (Å²) in [4.78, 5) is 18.5. The number of benzene rings is 1. The highest BCUT2D eigenvalue weighted by Crippen LogP contribution is 2.47. The maximum Gasteiger partial charge on any atom is 0.266 e. The molecule has 172 valence electrons. The summed E-state index contributed by atoms with van der Waals surface area (Å²) in [5.74, 6) is 0.850. The second kappa shape index (κ2) is 12.5. The number of amides is 1. The summed E-state index contributed by atoms with van der Waals surface area (Å²) in [5, 5.41) is 1.14. The Bertz CT molecular complexity index is 910. The zero-order chi connectivity index (χ0) is 22.9. The van der Waals surface area contributed by atoms with Crippen molar-refractivity contribution in [3.63, 3.8) is 0 Å². The van der Waals surface area contributed by atoms with Crippen LogP contribution < -0.4 is 9.64 Å². The van der Waals surface area contributed by atoms with Crippen molar-refractivity contribution < 1.29 is 9.53 Å². The van der Waals surface area contributed by atoms with Gasteiger partial charge in [0, 0.05) is 18.0 Å². The molecular weight excluding hydrogens is 456 g/mol.